The molecular weight excluding hydrogens is 200 g/mol. The fourth-order valence-electron chi connectivity index (χ4n) is 2.25. The molecule has 0 radical (unpaired) electrons. The molecule has 0 saturated heterocycles. The smallest absolute Gasteiger partial charge is 0.165 e. The van der Waals surface area contributed by atoms with Crippen molar-refractivity contribution < 1.29 is 9.47 Å². The minimum Gasteiger partial charge on any atom is -0.486 e. The summed E-state index contributed by atoms with van der Waals surface area (Å²) in [7, 11) is 0. The van der Waals surface area contributed by atoms with Crippen LogP contribution in [0.15, 0.2) is 12.1 Å². The van der Waals surface area contributed by atoms with E-state index in [-0.39, 0.29) is 0 Å². The summed E-state index contributed by atoms with van der Waals surface area (Å²) in [6, 6.07) is 4.21. The van der Waals surface area contributed by atoms with Crippen LogP contribution >= 0.6 is 0 Å². The number of benzene rings is 1. The highest BCUT2D eigenvalue weighted by molar-refractivity contribution is 5.53. The van der Waals surface area contributed by atoms with Gasteiger partial charge in [-0.3, -0.25) is 0 Å². The first kappa shape index (κ1) is 11.3. The summed E-state index contributed by atoms with van der Waals surface area (Å²) in [5, 5.41) is 0. The Hall–Kier alpha value is -1.18. The lowest BCUT2D eigenvalue weighted by Gasteiger charge is -2.26. The summed E-state index contributed by atoms with van der Waals surface area (Å²) in [4.78, 5) is 0. The van der Waals surface area contributed by atoms with Crippen LogP contribution in [0.1, 0.15) is 50.7 Å². The second-order valence-corrected chi connectivity index (χ2v) is 4.90. The van der Waals surface area contributed by atoms with Crippen LogP contribution in [0, 0.1) is 0 Å². The first-order chi connectivity index (χ1) is 7.61. The van der Waals surface area contributed by atoms with Crippen molar-refractivity contribution in [3.63, 3.8) is 0 Å². The van der Waals surface area contributed by atoms with Gasteiger partial charge in [0.15, 0.2) is 11.5 Å². The first-order valence-corrected chi connectivity index (χ1v) is 6.03. The molecule has 0 aliphatic carbocycles. The number of rotatable bonds is 2. The van der Waals surface area contributed by atoms with Crippen molar-refractivity contribution in [1.82, 2.24) is 0 Å². The molecule has 1 aromatic rings. The van der Waals surface area contributed by atoms with E-state index in [1.807, 2.05) is 6.07 Å². The Bertz CT molecular complexity index is 381. The second-order valence-electron chi connectivity index (χ2n) is 4.90. The van der Waals surface area contributed by atoms with Gasteiger partial charge in [0.1, 0.15) is 13.2 Å². The van der Waals surface area contributed by atoms with Gasteiger partial charge in [0.05, 0.1) is 0 Å². The standard InChI is InChI=1S/C14H20O2/c1-9(2)11-5-6-12-14(13(11)10(3)4)16-8-7-15-12/h5-6,9-10H,7-8H2,1-4H3. The van der Waals surface area contributed by atoms with Crippen LogP contribution in [0.3, 0.4) is 0 Å². The molecule has 1 aliphatic rings. The van der Waals surface area contributed by atoms with E-state index in [0.29, 0.717) is 25.0 Å². The lowest BCUT2D eigenvalue weighted by atomic mass is 9.89. The molecule has 2 heteroatoms. The summed E-state index contributed by atoms with van der Waals surface area (Å²) < 4.78 is 11.4. The quantitative estimate of drug-likeness (QED) is 0.756. The van der Waals surface area contributed by atoms with Crippen LogP contribution in [0.25, 0.3) is 0 Å². The maximum Gasteiger partial charge on any atom is 0.165 e. The lowest BCUT2D eigenvalue weighted by molar-refractivity contribution is 0.169. The molecule has 0 fully saturated rings. The summed E-state index contributed by atoms with van der Waals surface area (Å²) in [5.74, 6) is 2.86. The van der Waals surface area contributed by atoms with Gasteiger partial charge < -0.3 is 9.47 Å². The molecule has 0 N–H and O–H groups in total. The molecule has 88 valence electrons. The SMILES string of the molecule is CC(C)c1ccc2c(c1C(C)C)OCCO2. The zero-order chi connectivity index (χ0) is 11.7. The summed E-state index contributed by atoms with van der Waals surface area (Å²) in [6.45, 7) is 10.2. The van der Waals surface area contributed by atoms with Gasteiger partial charge in [-0.25, -0.2) is 0 Å². The van der Waals surface area contributed by atoms with Crippen LogP contribution in [-0.2, 0) is 0 Å². The zero-order valence-corrected chi connectivity index (χ0v) is 10.5. The zero-order valence-electron chi connectivity index (χ0n) is 10.5. The molecule has 0 unspecified atom stereocenters. The van der Waals surface area contributed by atoms with Crippen molar-refractivity contribution in [2.24, 2.45) is 0 Å². The number of hydrogen-bond donors (Lipinski definition) is 0. The minimum absolute atomic E-state index is 0.467. The average molecular weight is 220 g/mol. The molecule has 0 amide bonds. The minimum atomic E-state index is 0.467. The Morgan fingerprint density at radius 3 is 2.25 bits per heavy atom. The van der Waals surface area contributed by atoms with Gasteiger partial charge in [-0.2, -0.15) is 0 Å². The Morgan fingerprint density at radius 2 is 1.62 bits per heavy atom. The van der Waals surface area contributed by atoms with Crippen LogP contribution < -0.4 is 9.47 Å². The topological polar surface area (TPSA) is 18.5 Å². The molecule has 1 heterocycles. The monoisotopic (exact) mass is 220 g/mol. The van der Waals surface area contributed by atoms with Crippen LogP contribution in [0.2, 0.25) is 0 Å². The largest absolute Gasteiger partial charge is 0.486 e. The molecule has 1 aromatic carbocycles. The third kappa shape index (κ3) is 1.89. The molecule has 0 bridgehead atoms. The number of ether oxygens (including phenoxy) is 2. The van der Waals surface area contributed by atoms with Crippen molar-refractivity contribution >= 4 is 0 Å². The molecule has 2 nitrogen and oxygen atoms in total. The maximum atomic E-state index is 5.78. The highest BCUT2D eigenvalue weighted by Gasteiger charge is 2.22. The van der Waals surface area contributed by atoms with Crippen molar-refractivity contribution in [2.75, 3.05) is 13.2 Å². The van der Waals surface area contributed by atoms with E-state index in [1.54, 1.807) is 0 Å². The van der Waals surface area contributed by atoms with Gasteiger partial charge in [0.25, 0.3) is 0 Å². The predicted molar refractivity (Wildman–Crippen MR) is 65.6 cm³/mol. The molecular formula is C14H20O2. The molecule has 16 heavy (non-hydrogen) atoms. The summed E-state index contributed by atoms with van der Waals surface area (Å²) in [5.41, 5.74) is 2.69. The second kappa shape index (κ2) is 4.36. The van der Waals surface area contributed by atoms with E-state index >= 15 is 0 Å². The number of hydrogen-bond acceptors (Lipinski definition) is 2. The third-order valence-electron chi connectivity index (χ3n) is 2.98. The maximum absolute atomic E-state index is 5.78. The first-order valence-electron chi connectivity index (χ1n) is 6.03. The van der Waals surface area contributed by atoms with E-state index in [9.17, 15) is 0 Å². The van der Waals surface area contributed by atoms with Gasteiger partial charge in [-0.15, -0.1) is 0 Å². The summed E-state index contributed by atoms with van der Waals surface area (Å²) in [6.07, 6.45) is 0. The molecule has 2 rings (SSSR count). The van der Waals surface area contributed by atoms with E-state index in [0.717, 1.165) is 11.5 Å². The van der Waals surface area contributed by atoms with Gasteiger partial charge in [-0.05, 0) is 23.5 Å². The highest BCUT2D eigenvalue weighted by atomic mass is 16.6. The van der Waals surface area contributed by atoms with Gasteiger partial charge >= 0.3 is 0 Å². The van der Waals surface area contributed by atoms with Crippen molar-refractivity contribution in [2.45, 2.75) is 39.5 Å². The highest BCUT2D eigenvalue weighted by Crippen LogP contribution is 2.41. The predicted octanol–water partition coefficient (Wildman–Crippen LogP) is 3.70. The van der Waals surface area contributed by atoms with Gasteiger partial charge in [0.2, 0.25) is 0 Å². The van der Waals surface area contributed by atoms with Crippen LogP contribution in [0.5, 0.6) is 11.5 Å². The Balaban J connectivity index is 2.57. The molecule has 0 aromatic heterocycles. The van der Waals surface area contributed by atoms with E-state index < -0.39 is 0 Å². The fraction of sp³-hybridized carbons (Fsp3) is 0.571. The third-order valence-corrected chi connectivity index (χ3v) is 2.98. The summed E-state index contributed by atoms with van der Waals surface area (Å²) >= 11 is 0. The van der Waals surface area contributed by atoms with Gasteiger partial charge in [0, 0.05) is 5.56 Å². The number of fused-ring (bicyclic) bond motifs is 1. The van der Waals surface area contributed by atoms with E-state index in [4.69, 9.17) is 9.47 Å². The molecule has 0 saturated carbocycles. The molecule has 1 aliphatic heterocycles. The molecule has 0 spiro atoms. The van der Waals surface area contributed by atoms with Crippen LogP contribution in [0.4, 0.5) is 0 Å². The lowest BCUT2D eigenvalue weighted by Crippen LogP contribution is -2.18. The normalized spacial score (nSPS) is 14.6. The van der Waals surface area contributed by atoms with E-state index in [1.165, 1.54) is 11.1 Å². The van der Waals surface area contributed by atoms with Crippen molar-refractivity contribution in [3.8, 4) is 11.5 Å². The Morgan fingerprint density at radius 1 is 0.938 bits per heavy atom. The Kier molecular flexibility index (Phi) is 3.08. The van der Waals surface area contributed by atoms with Crippen LogP contribution in [-0.4, -0.2) is 13.2 Å². The van der Waals surface area contributed by atoms with Gasteiger partial charge in [-0.1, -0.05) is 33.8 Å². The van der Waals surface area contributed by atoms with Crippen molar-refractivity contribution in [1.29, 1.82) is 0 Å². The average Bonchev–Trinajstić information content (AvgIpc) is 2.27. The van der Waals surface area contributed by atoms with Crippen molar-refractivity contribution in [3.05, 3.63) is 23.3 Å². The van der Waals surface area contributed by atoms with E-state index in [2.05, 4.69) is 33.8 Å². The molecule has 0 atom stereocenters. The fourth-order valence-corrected chi connectivity index (χ4v) is 2.25. The Labute approximate surface area is 97.6 Å².